The van der Waals surface area contributed by atoms with Crippen LogP contribution in [0, 0.1) is 13.8 Å². The molecule has 0 saturated heterocycles. The summed E-state index contributed by atoms with van der Waals surface area (Å²) in [5.74, 6) is 0.383. The maximum Gasteiger partial charge on any atom is 0.147 e. The van der Waals surface area contributed by atoms with Crippen molar-refractivity contribution >= 4 is 5.78 Å². The number of rotatable bonds is 4. The van der Waals surface area contributed by atoms with Crippen LogP contribution in [0.1, 0.15) is 41.5 Å². The van der Waals surface area contributed by atoms with Crippen LogP contribution in [-0.2, 0) is 16.6 Å². The molecule has 0 aliphatic heterocycles. The van der Waals surface area contributed by atoms with E-state index in [4.69, 9.17) is 0 Å². The number of hydrogen-bond acceptors (Lipinski definition) is 1. The molecule has 0 heterocycles. The minimum absolute atomic E-state index is 0.225. The standard InChI is InChI=1S/C20H22O/c1-15-9-10-16(2)17(13-15)14-19(21)20(11-6-12-20)18-7-4-3-5-8-18/h3-5,7-10,13H,6,11-12,14H2,1-2H3. The maximum absolute atomic E-state index is 13.0. The summed E-state index contributed by atoms with van der Waals surface area (Å²) in [7, 11) is 0. The second-order valence-corrected chi connectivity index (χ2v) is 6.33. The summed E-state index contributed by atoms with van der Waals surface area (Å²) in [5.41, 5.74) is 4.60. The quantitative estimate of drug-likeness (QED) is 0.802. The van der Waals surface area contributed by atoms with Gasteiger partial charge in [0, 0.05) is 6.42 Å². The molecule has 1 aliphatic carbocycles. The molecule has 1 aliphatic rings. The lowest BCUT2D eigenvalue weighted by Crippen LogP contribution is -2.43. The van der Waals surface area contributed by atoms with Crippen LogP contribution in [0.25, 0.3) is 0 Å². The monoisotopic (exact) mass is 278 g/mol. The number of carbonyl (C=O) groups excluding carboxylic acids is 1. The van der Waals surface area contributed by atoms with Crippen LogP contribution < -0.4 is 0 Å². The smallest absolute Gasteiger partial charge is 0.147 e. The topological polar surface area (TPSA) is 17.1 Å². The molecular formula is C20H22O. The first kappa shape index (κ1) is 14.1. The predicted octanol–water partition coefficient (Wildman–Crippen LogP) is 4.54. The second-order valence-electron chi connectivity index (χ2n) is 6.33. The van der Waals surface area contributed by atoms with E-state index in [2.05, 4.69) is 44.2 Å². The molecule has 1 nitrogen and oxygen atoms in total. The van der Waals surface area contributed by atoms with Crippen molar-refractivity contribution in [2.75, 3.05) is 0 Å². The van der Waals surface area contributed by atoms with E-state index in [0.29, 0.717) is 12.2 Å². The van der Waals surface area contributed by atoms with Crippen LogP contribution in [0.3, 0.4) is 0 Å². The molecule has 21 heavy (non-hydrogen) atoms. The van der Waals surface area contributed by atoms with E-state index in [1.807, 2.05) is 18.2 Å². The Labute approximate surface area is 127 Å². The second kappa shape index (κ2) is 5.48. The van der Waals surface area contributed by atoms with Gasteiger partial charge in [0.25, 0.3) is 0 Å². The Balaban J connectivity index is 1.89. The van der Waals surface area contributed by atoms with Crippen molar-refractivity contribution in [1.82, 2.24) is 0 Å². The lowest BCUT2D eigenvalue weighted by Gasteiger charge is -2.41. The van der Waals surface area contributed by atoms with Crippen LogP contribution in [0.2, 0.25) is 0 Å². The Hall–Kier alpha value is -1.89. The zero-order valence-electron chi connectivity index (χ0n) is 12.9. The molecule has 0 N–H and O–H groups in total. The van der Waals surface area contributed by atoms with Gasteiger partial charge in [0.1, 0.15) is 5.78 Å². The van der Waals surface area contributed by atoms with Gasteiger partial charge in [-0.2, -0.15) is 0 Å². The van der Waals surface area contributed by atoms with Gasteiger partial charge in [0.2, 0.25) is 0 Å². The van der Waals surface area contributed by atoms with Crippen molar-refractivity contribution in [3.63, 3.8) is 0 Å². The van der Waals surface area contributed by atoms with Crippen LogP contribution in [0.5, 0.6) is 0 Å². The highest BCUT2D eigenvalue weighted by molar-refractivity contribution is 5.93. The summed E-state index contributed by atoms with van der Waals surface area (Å²) in [6.45, 7) is 4.18. The van der Waals surface area contributed by atoms with Gasteiger partial charge >= 0.3 is 0 Å². The Kier molecular flexibility index (Phi) is 3.67. The molecule has 0 spiro atoms. The zero-order chi connectivity index (χ0) is 14.9. The fourth-order valence-corrected chi connectivity index (χ4v) is 3.35. The van der Waals surface area contributed by atoms with Crippen molar-refractivity contribution in [2.24, 2.45) is 0 Å². The van der Waals surface area contributed by atoms with Crippen LogP contribution in [-0.4, -0.2) is 5.78 Å². The molecule has 108 valence electrons. The van der Waals surface area contributed by atoms with Gasteiger partial charge in [0.15, 0.2) is 0 Å². The minimum atomic E-state index is -0.225. The van der Waals surface area contributed by atoms with Gasteiger partial charge < -0.3 is 0 Å². The van der Waals surface area contributed by atoms with Crippen molar-refractivity contribution in [2.45, 2.75) is 44.9 Å². The maximum atomic E-state index is 13.0. The normalized spacial score (nSPS) is 16.3. The number of ketones is 1. The van der Waals surface area contributed by atoms with E-state index < -0.39 is 0 Å². The molecule has 3 rings (SSSR count). The summed E-state index contributed by atoms with van der Waals surface area (Å²) in [4.78, 5) is 13.0. The van der Waals surface area contributed by atoms with E-state index >= 15 is 0 Å². The average Bonchev–Trinajstić information content (AvgIpc) is 2.43. The molecule has 2 aromatic rings. The molecule has 0 aromatic heterocycles. The first-order valence-electron chi connectivity index (χ1n) is 7.77. The van der Waals surface area contributed by atoms with Crippen molar-refractivity contribution in [3.8, 4) is 0 Å². The molecule has 2 aromatic carbocycles. The van der Waals surface area contributed by atoms with Crippen LogP contribution in [0.4, 0.5) is 0 Å². The third-order valence-electron chi connectivity index (χ3n) is 4.92. The summed E-state index contributed by atoms with van der Waals surface area (Å²) >= 11 is 0. The lowest BCUT2D eigenvalue weighted by atomic mass is 9.61. The molecule has 0 bridgehead atoms. The van der Waals surface area contributed by atoms with E-state index in [9.17, 15) is 4.79 Å². The van der Waals surface area contributed by atoms with E-state index in [1.54, 1.807) is 0 Å². The minimum Gasteiger partial charge on any atom is -0.298 e. The number of carbonyl (C=O) groups is 1. The van der Waals surface area contributed by atoms with Gasteiger partial charge in [-0.05, 0) is 43.4 Å². The molecule has 0 amide bonds. The first-order chi connectivity index (χ1) is 10.1. The first-order valence-corrected chi connectivity index (χ1v) is 7.77. The van der Waals surface area contributed by atoms with Crippen LogP contribution in [0.15, 0.2) is 48.5 Å². The third kappa shape index (κ3) is 2.53. The Morgan fingerprint density at radius 2 is 1.76 bits per heavy atom. The number of benzene rings is 2. The Morgan fingerprint density at radius 3 is 2.38 bits per heavy atom. The van der Waals surface area contributed by atoms with Crippen LogP contribution >= 0.6 is 0 Å². The molecular weight excluding hydrogens is 256 g/mol. The largest absolute Gasteiger partial charge is 0.298 e. The highest BCUT2D eigenvalue weighted by Crippen LogP contribution is 2.45. The summed E-state index contributed by atoms with van der Waals surface area (Å²) in [5, 5.41) is 0. The van der Waals surface area contributed by atoms with Crippen molar-refractivity contribution in [1.29, 1.82) is 0 Å². The lowest BCUT2D eigenvalue weighted by molar-refractivity contribution is -0.127. The van der Waals surface area contributed by atoms with E-state index in [-0.39, 0.29) is 5.41 Å². The molecule has 1 heteroatoms. The summed E-state index contributed by atoms with van der Waals surface area (Å²) < 4.78 is 0. The predicted molar refractivity (Wildman–Crippen MR) is 86.6 cm³/mol. The summed E-state index contributed by atoms with van der Waals surface area (Å²) in [6, 6.07) is 16.7. The highest BCUT2D eigenvalue weighted by atomic mass is 16.1. The number of hydrogen-bond donors (Lipinski definition) is 0. The highest BCUT2D eigenvalue weighted by Gasteiger charge is 2.44. The zero-order valence-corrected chi connectivity index (χ0v) is 12.9. The molecule has 1 fully saturated rings. The molecule has 0 atom stereocenters. The van der Waals surface area contributed by atoms with Gasteiger partial charge in [-0.25, -0.2) is 0 Å². The Morgan fingerprint density at radius 1 is 1.05 bits per heavy atom. The SMILES string of the molecule is Cc1ccc(C)c(CC(=O)C2(c3ccccc3)CCC2)c1. The fourth-order valence-electron chi connectivity index (χ4n) is 3.35. The fraction of sp³-hybridized carbons (Fsp3) is 0.350. The number of Topliss-reactive ketones (excluding diaryl/α,β-unsaturated/α-hetero) is 1. The molecule has 0 radical (unpaired) electrons. The molecule has 1 saturated carbocycles. The van der Waals surface area contributed by atoms with E-state index in [1.165, 1.54) is 22.3 Å². The van der Waals surface area contributed by atoms with Gasteiger partial charge in [-0.15, -0.1) is 0 Å². The van der Waals surface area contributed by atoms with Gasteiger partial charge in [0.05, 0.1) is 5.41 Å². The van der Waals surface area contributed by atoms with Crippen molar-refractivity contribution in [3.05, 3.63) is 70.8 Å². The average molecular weight is 278 g/mol. The van der Waals surface area contributed by atoms with E-state index in [0.717, 1.165) is 19.3 Å². The van der Waals surface area contributed by atoms with Gasteiger partial charge in [-0.1, -0.05) is 60.5 Å². The Bertz CT molecular complexity index is 651. The summed E-state index contributed by atoms with van der Waals surface area (Å²) in [6.07, 6.45) is 3.72. The van der Waals surface area contributed by atoms with Crippen molar-refractivity contribution < 1.29 is 4.79 Å². The molecule has 0 unspecified atom stereocenters. The number of aryl methyl sites for hydroxylation is 2. The van der Waals surface area contributed by atoms with Gasteiger partial charge in [-0.3, -0.25) is 4.79 Å². The third-order valence-corrected chi connectivity index (χ3v) is 4.92.